The highest BCUT2D eigenvalue weighted by atomic mass is 35.5. The molecule has 1 spiro atoms. The number of ketones is 1. The van der Waals surface area contributed by atoms with E-state index in [1.165, 1.54) is 4.90 Å². The number of rotatable bonds is 1. The van der Waals surface area contributed by atoms with Gasteiger partial charge in [-0.25, -0.2) is 0 Å². The summed E-state index contributed by atoms with van der Waals surface area (Å²) in [6, 6.07) is 15.1. The summed E-state index contributed by atoms with van der Waals surface area (Å²) in [5, 5.41) is 11.0. The molecule has 0 unspecified atom stereocenters. The molecule has 5 rings (SSSR count). The number of benzene rings is 2. The van der Waals surface area contributed by atoms with E-state index in [0.29, 0.717) is 39.7 Å². The first kappa shape index (κ1) is 22.2. The summed E-state index contributed by atoms with van der Waals surface area (Å²) in [6.07, 6.45) is 0.785. The normalized spacial score (nSPS) is 23.4. The molecule has 1 atom stereocenters. The fourth-order valence-corrected chi connectivity index (χ4v) is 5.85. The van der Waals surface area contributed by atoms with Gasteiger partial charge in [0.25, 0.3) is 0 Å². The van der Waals surface area contributed by atoms with Gasteiger partial charge in [-0.2, -0.15) is 5.26 Å². The van der Waals surface area contributed by atoms with E-state index in [9.17, 15) is 14.9 Å². The molecule has 34 heavy (non-hydrogen) atoms. The zero-order valence-corrected chi connectivity index (χ0v) is 20.3. The smallest absolute Gasteiger partial charge is 0.247 e. The highest BCUT2D eigenvalue weighted by Crippen LogP contribution is 2.58. The minimum atomic E-state index is -1.56. The highest BCUT2D eigenvalue weighted by Gasteiger charge is 2.62. The maximum atomic E-state index is 14.0. The molecule has 1 amide bonds. The van der Waals surface area contributed by atoms with E-state index in [0.717, 1.165) is 5.56 Å². The molecule has 2 heterocycles. The van der Waals surface area contributed by atoms with Crippen molar-refractivity contribution in [1.82, 2.24) is 0 Å². The fourth-order valence-electron chi connectivity index (χ4n) is 5.68. The number of allylic oxidation sites excluding steroid dienone is 1. The van der Waals surface area contributed by atoms with Gasteiger partial charge >= 0.3 is 0 Å². The van der Waals surface area contributed by atoms with Gasteiger partial charge in [0.2, 0.25) is 5.91 Å². The van der Waals surface area contributed by atoms with Crippen LogP contribution in [-0.4, -0.2) is 18.7 Å². The van der Waals surface area contributed by atoms with Crippen LogP contribution in [0.1, 0.15) is 37.8 Å². The van der Waals surface area contributed by atoms with Gasteiger partial charge in [-0.1, -0.05) is 49.7 Å². The fraction of sp³-hybridized carbons (Fsp3) is 0.296. The van der Waals surface area contributed by atoms with Crippen LogP contribution in [-0.2, 0) is 15.0 Å². The Morgan fingerprint density at radius 3 is 2.50 bits per heavy atom. The lowest BCUT2D eigenvalue weighted by Crippen LogP contribution is -2.53. The van der Waals surface area contributed by atoms with Crippen LogP contribution in [0.5, 0.6) is 0 Å². The van der Waals surface area contributed by atoms with Crippen molar-refractivity contribution in [1.29, 1.82) is 5.26 Å². The average Bonchev–Trinajstić information content (AvgIpc) is 2.98. The maximum absolute atomic E-state index is 14.0. The van der Waals surface area contributed by atoms with Gasteiger partial charge in [0.1, 0.15) is 17.3 Å². The summed E-state index contributed by atoms with van der Waals surface area (Å²) in [6.45, 7) is 5.95. The van der Waals surface area contributed by atoms with E-state index in [2.05, 4.69) is 6.07 Å². The molecule has 0 saturated carbocycles. The Morgan fingerprint density at radius 2 is 1.82 bits per heavy atom. The predicted octanol–water partition coefficient (Wildman–Crippen LogP) is 4.72. The van der Waals surface area contributed by atoms with Crippen molar-refractivity contribution >= 4 is 34.7 Å². The van der Waals surface area contributed by atoms with Crippen LogP contribution in [0.4, 0.5) is 11.4 Å². The van der Waals surface area contributed by atoms with Crippen molar-refractivity contribution in [2.75, 3.05) is 16.8 Å². The number of likely N-dealkylation sites (N-methyl/N-ethyl adjacent to an activating group) is 1. The summed E-state index contributed by atoms with van der Waals surface area (Å²) < 4.78 is 0. The molecule has 2 aromatic carbocycles. The number of carbonyl (C=O) groups is 2. The second-order valence-electron chi connectivity index (χ2n) is 10.0. The molecular weight excluding hydrogens is 448 g/mol. The highest BCUT2D eigenvalue weighted by molar-refractivity contribution is 6.31. The third kappa shape index (κ3) is 2.74. The molecule has 3 aliphatic rings. The second kappa shape index (κ2) is 7.22. The van der Waals surface area contributed by atoms with Crippen LogP contribution in [0.15, 0.2) is 65.1 Å². The Morgan fingerprint density at radius 1 is 1.12 bits per heavy atom. The van der Waals surface area contributed by atoms with E-state index in [4.69, 9.17) is 17.3 Å². The Hall–Kier alpha value is -3.56. The summed E-state index contributed by atoms with van der Waals surface area (Å²) in [5.74, 6) is -0.339. The molecule has 2 N–H and O–H groups in total. The maximum Gasteiger partial charge on any atom is 0.247 e. The number of aryl methyl sites for hydroxylation is 1. The van der Waals surface area contributed by atoms with E-state index >= 15 is 0 Å². The van der Waals surface area contributed by atoms with E-state index in [-0.39, 0.29) is 34.9 Å². The summed E-state index contributed by atoms with van der Waals surface area (Å²) >= 11 is 6.45. The lowest BCUT2D eigenvalue weighted by atomic mass is 9.60. The van der Waals surface area contributed by atoms with Crippen LogP contribution in [0, 0.1) is 23.7 Å². The standard InChI is InChI=1S/C27H25ClN4O2/c1-15-9-10-16(11-19(15)28)32-21-12-26(2,3)13-22(33)23(21)27(18(14-29)24(32)30)17-7-5-6-8-20(17)31(4)25(27)34/h5-11H,12-13,30H2,1-4H3/t27-/m1/s1. The SMILES string of the molecule is Cc1ccc(N2C(N)=C(C#N)[C@@]3(C(=O)N(C)c4ccccc43)C3=C2CC(C)(C)CC3=O)cc1Cl. The third-order valence-corrected chi connectivity index (χ3v) is 7.60. The largest absolute Gasteiger partial charge is 0.384 e. The minimum absolute atomic E-state index is 0.0674. The molecular formula is C27H25ClN4O2. The number of halogens is 1. The molecule has 2 aromatic rings. The molecule has 0 saturated heterocycles. The van der Waals surface area contributed by atoms with Gasteiger partial charge in [0, 0.05) is 46.7 Å². The lowest BCUT2D eigenvalue weighted by Gasteiger charge is -2.47. The number of nitrogens with zero attached hydrogens (tertiary/aromatic N) is 3. The van der Waals surface area contributed by atoms with Crippen LogP contribution < -0.4 is 15.5 Å². The number of carbonyl (C=O) groups excluding carboxylic acids is 2. The summed E-state index contributed by atoms with van der Waals surface area (Å²) in [4.78, 5) is 31.2. The lowest BCUT2D eigenvalue weighted by molar-refractivity contribution is -0.124. The Balaban J connectivity index is 1.91. The van der Waals surface area contributed by atoms with Crippen molar-refractivity contribution < 1.29 is 9.59 Å². The first-order chi connectivity index (χ1) is 16.0. The number of amides is 1. The number of fused-ring (bicyclic) bond motifs is 3. The quantitative estimate of drug-likeness (QED) is 0.648. The molecule has 0 radical (unpaired) electrons. The molecule has 0 fully saturated rings. The van der Waals surface area contributed by atoms with Crippen molar-refractivity contribution in [3.63, 3.8) is 0 Å². The van der Waals surface area contributed by atoms with Gasteiger partial charge in [-0.3, -0.25) is 14.5 Å². The van der Waals surface area contributed by atoms with Gasteiger partial charge in [-0.05, 0) is 42.5 Å². The minimum Gasteiger partial charge on any atom is -0.384 e. The number of hydrogen-bond donors (Lipinski definition) is 1. The Labute approximate surface area is 203 Å². The van der Waals surface area contributed by atoms with Crippen molar-refractivity contribution in [2.24, 2.45) is 11.1 Å². The van der Waals surface area contributed by atoms with E-state index < -0.39 is 5.41 Å². The number of hydrogen-bond acceptors (Lipinski definition) is 5. The van der Waals surface area contributed by atoms with Gasteiger partial charge in [0.05, 0.1) is 5.57 Å². The third-order valence-electron chi connectivity index (χ3n) is 7.19. The molecule has 1 aliphatic carbocycles. The van der Waals surface area contributed by atoms with E-state index in [1.54, 1.807) is 18.0 Å². The predicted molar refractivity (Wildman–Crippen MR) is 132 cm³/mol. The number of Topliss-reactive ketones (excluding diaryl/α,β-unsaturated/α-hetero) is 1. The van der Waals surface area contributed by atoms with Crippen molar-refractivity contribution in [3.05, 3.63) is 81.3 Å². The summed E-state index contributed by atoms with van der Waals surface area (Å²) in [5.41, 5.74) is 8.73. The van der Waals surface area contributed by atoms with Crippen LogP contribution in [0.25, 0.3) is 0 Å². The zero-order chi connectivity index (χ0) is 24.6. The van der Waals surface area contributed by atoms with Crippen molar-refractivity contribution in [3.8, 4) is 6.07 Å². The number of para-hydroxylation sites is 1. The second-order valence-corrected chi connectivity index (χ2v) is 10.4. The van der Waals surface area contributed by atoms with Crippen LogP contribution in [0.3, 0.4) is 0 Å². The monoisotopic (exact) mass is 472 g/mol. The summed E-state index contributed by atoms with van der Waals surface area (Å²) in [7, 11) is 1.67. The van der Waals surface area contributed by atoms with Gasteiger partial charge < -0.3 is 10.6 Å². The number of nitrogens with two attached hydrogens (primary N) is 1. The molecule has 7 heteroatoms. The Bertz CT molecular complexity index is 1400. The number of anilines is 2. The number of nitriles is 1. The Kier molecular flexibility index (Phi) is 4.72. The van der Waals surface area contributed by atoms with Crippen LogP contribution >= 0.6 is 11.6 Å². The van der Waals surface area contributed by atoms with E-state index in [1.807, 2.05) is 57.2 Å². The zero-order valence-electron chi connectivity index (χ0n) is 19.6. The van der Waals surface area contributed by atoms with Crippen LogP contribution in [0.2, 0.25) is 5.02 Å². The molecule has 0 bridgehead atoms. The first-order valence-corrected chi connectivity index (χ1v) is 11.5. The van der Waals surface area contributed by atoms with Gasteiger partial charge in [0.15, 0.2) is 5.78 Å². The van der Waals surface area contributed by atoms with Crippen molar-refractivity contribution in [2.45, 2.75) is 39.0 Å². The average molecular weight is 473 g/mol. The molecule has 6 nitrogen and oxygen atoms in total. The molecule has 172 valence electrons. The molecule has 0 aromatic heterocycles. The van der Waals surface area contributed by atoms with Gasteiger partial charge in [-0.15, -0.1) is 0 Å². The topological polar surface area (TPSA) is 90.4 Å². The molecule has 2 aliphatic heterocycles. The first-order valence-electron chi connectivity index (χ1n) is 11.2.